The molecule has 0 aliphatic carbocycles. The highest BCUT2D eigenvalue weighted by Crippen LogP contribution is 2.41. The molecule has 0 spiro atoms. The van der Waals surface area contributed by atoms with Crippen molar-refractivity contribution in [1.82, 2.24) is 9.13 Å². The van der Waals surface area contributed by atoms with Crippen LogP contribution in [0.3, 0.4) is 0 Å². The predicted octanol–water partition coefficient (Wildman–Crippen LogP) is 12.3. The molecule has 0 aliphatic heterocycles. The summed E-state index contributed by atoms with van der Waals surface area (Å²) < 4.78 is 5.05. The smallest absolute Gasteiger partial charge is 0.180 e. The van der Waals surface area contributed by atoms with Gasteiger partial charge in [-0.3, -0.25) is 0 Å². The Labute approximate surface area is 445 Å². The molecule has 76 heavy (non-hydrogen) atoms. The molecule has 0 bridgehead atoms. The van der Waals surface area contributed by atoms with Gasteiger partial charge < -0.3 is 9.13 Å². The number of benzene rings is 12. The maximum atomic E-state index is 2.53. The van der Waals surface area contributed by atoms with Gasteiger partial charge in [0.05, 0.1) is 22.1 Å². The number of hydrogen-bond donors (Lipinski definition) is 0. The maximum Gasteiger partial charge on any atom is 0.180 e. The summed E-state index contributed by atoms with van der Waals surface area (Å²) in [7, 11) is -5.76. The summed E-state index contributed by atoms with van der Waals surface area (Å²) >= 11 is 0. The lowest BCUT2D eigenvalue weighted by Crippen LogP contribution is -2.74. The van der Waals surface area contributed by atoms with Crippen LogP contribution in [0.15, 0.2) is 315 Å². The van der Waals surface area contributed by atoms with E-state index in [1.807, 2.05) is 0 Å². The van der Waals surface area contributed by atoms with E-state index in [4.69, 9.17) is 0 Å². The molecular formula is C72H52N2Si2. The molecule has 4 heteroatoms. The van der Waals surface area contributed by atoms with E-state index in [1.54, 1.807) is 0 Å². The van der Waals surface area contributed by atoms with E-state index in [0.29, 0.717) is 0 Å². The van der Waals surface area contributed by atoms with E-state index in [2.05, 4.69) is 325 Å². The number of aromatic nitrogens is 2. The highest BCUT2D eigenvalue weighted by atomic mass is 28.3. The summed E-state index contributed by atoms with van der Waals surface area (Å²) in [5, 5.41) is 15.9. The van der Waals surface area contributed by atoms with E-state index in [9.17, 15) is 0 Å². The van der Waals surface area contributed by atoms with Gasteiger partial charge in [0.25, 0.3) is 0 Å². The molecule has 0 saturated carbocycles. The summed E-state index contributed by atoms with van der Waals surface area (Å²) in [5.41, 5.74) is 9.39. The fourth-order valence-corrected chi connectivity index (χ4v) is 22.7. The van der Waals surface area contributed by atoms with Gasteiger partial charge in [-0.25, -0.2) is 0 Å². The largest absolute Gasteiger partial charge is 0.309 e. The number of nitrogens with zero attached hydrogens (tertiary/aromatic N) is 2. The van der Waals surface area contributed by atoms with Crippen LogP contribution in [0.4, 0.5) is 0 Å². The quantitative estimate of drug-likeness (QED) is 0.0903. The normalized spacial score (nSPS) is 11.9. The molecule has 0 amide bonds. The third kappa shape index (κ3) is 7.06. The third-order valence-corrected chi connectivity index (χ3v) is 25.6. The fraction of sp³-hybridized carbons (Fsp3) is 0. The minimum absolute atomic E-state index is 1.13. The van der Waals surface area contributed by atoms with Crippen LogP contribution >= 0.6 is 0 Å². The van der Waals surface area contributed by atoms with Crippen LogP contribution in [0.25, 0.3) is 66.1 Å². The summed E-state index contributed by atoms with van der Waals surface area (Å²) in [6.07, 6.45) is 0. The van der Waals surface area contributed by atoms with Crippen molar-refractivity contribution in [3.8, 4) is 22.5 Å². The van der Waals surface area contributed by atoms with Crippen LogP contribution in [0.5, 0.6) is 0 Å². The summed E-state index contributed by atoms with van der Waals surface area (Å²) in [4.78, 5) is 0. The van der Waals surface area contributed by atoms with Crippen LogP contribution in [-0.2, 0) is 0 Å². The zero-order chi connectivity index (χ0) is 50.5. The molecule has 0 N–H and O–H groups in total. The van der Waals surface area contributed by atoms with Gasteiger partial charge in [-0.05, 0) is 101 Å². The topological polar surface area (TPSA) is 9.86 Å². The second-order valence-electron chi connectivity index (χ2n) is 19.9. The Morgan fingerprint density at radius 1 is 0.224 bits per heavy atom. The van der Waals surface area contributed by atoms with Gasteiger partial charge in [-0.15, -0.1) is 0 Å². The Balaban J connectivity index is 1.05. The first-order chi connectivity index (χ1) is 37.7. The van der Waals surface area contributed by atoms with Crippen LogP contribution < -0.4 is 41.5 Å². The van der Waals surface area contributed by atoms with Crippen LogP contribution in [-0.4, -0.2) is 25.3 Å². The lowest BCUT2D eigenvalue weighted by Gasteiger charge is -2.35. The summed E-state index contributed by atoms with van der Waals surface area (Å²) in [6, 6.07) is 118. The Morgan fingerprint density at radius 2 is 0.605 bits per heavy atom. The van der Waals surface area contributed by atoms with Crippen molar-refractivity contribution in [3.63, 3.8) is 0 Å². The van der Waals surface area contributed by atoms with Crippen LogP contribution in [0, 0.1) is 0 Å². The van der Waals surface area contributed by atoms with Gasteiger partial charge in [0.15, 0.2) is 16.1 Å². The van der Waals surface area contributed by atoms with E-state index in [-0.39, 0.29) is 0 Å². The highest BCUT2D eigenvalue weighted by Gasteiger charge is 2.44. The molecule has 12 aromatic carbocycles. The Morgan fingerprint density at radius 3 is 1.13 bits per heavy atom. The molecule has 14 rings (SSSR count). The van der Waals surface area contributed by atoms with Crippen molar-refractivity contribution in [2.24, 2.45) is 0 Å². The van der Waals surface area contributed by atoms with Gasteiger partial charge in [-0.1, -0.05) is 267 Å². The van der Waals surface area contributed by atoms with Crippen LogP contribution in [0.1, 0.15) is 0 Å². The van der Waals surface area contributed by atoms with Gasteiger partial charge in [0.2, 0.25) is 0 Å². The average Bonchev–Trinajstić information content (AvgIpc) is 4.18. The van der Waals surface area contributed by atoms with Crippen molar-refractivity contribution in [2.75, 3.05) is 0 Å². The molecule has 14 aromatic rings. The van der Waals surface area contributed by atoms with Crippen molar-refractivity contribution in [2.45, 2.75) is 0 Å². The SMILES string of the molecule is c1ccc(-c2cccc3c2c2cc(-n4c5ccccc5c5c([Si](c6ccccc6)(c6ccccc6)c6ccccc6)cccc54)ccc2n3-c2cccc([Si](c3ccccc3)(c3ccccc3)c3ccccc3)c2)cc1. The maximum absolute atomic E-state index is 2.93. The lowest BCUT2D eigenvalue weighted by atomic mass is 9.99. The number of hydrogen-bond acceptors (Lipinski definition) is 0. The molecule has 2 aromatic heterocycles. The Hall–Kier alpha value is -9.33. The van der Waals surface area contributed by atoms with Gasteiger partial charge in [0, 0.05) is 32.9 Å². The molecule has 358 valence electrons. The van der Waals surface area contributed by atoms with E-state index in [1.165, 1.54) is 90.7 Å². The van der Waals surface area contributed by atoms with E-state index >= 15 is 0 Å². The third-order valence-electron chi connectivity index (χ3n) is 16.0. The minimum atomic E-state index is -2.93. The zero-order valence-electron chi connectivity index (χ0n) is 41.9. The first-order valence-electron chi connectivity index (χ1n) is 26.3. The van der Waals surface area contributed by atoms with Crippen molar-refractivity contribution >= 4 is 101 Å². The van der Waals surface area contributed by atoms with Crippen molar-refractivity contribution < 1.29 is 0 Å². The first-order valence-corrected chi connectivity index (χ1v) is 30.3. The molecule has 2 heterocycles. The zero-order valence-corrected chi connectivity index (χ0v) is 43.9. The van der Waals surface area contributed by atoms with Gasteiger partial charge >= 0.3 is 0 Å². The monoisotopic (exact) mass is 1000 g/mol. The van der Waals surface area contributed by atoms with Gasteiger partial charge in [-0.2, -0.15) is 0 Å². The first kappa shape index (κ1) is 45.3. The lowest BCUT2D eigenvalue weighted by molar-refractivity contribution is 1.17. The minimum Gasteiger partial charge on any atom is -0.309 e. The molecule has 2 nitrogen and oxygen atoms in total. The predicted molar refractivity (Wildman–Crippen MR) is 328 cm³/mol. The average molecular weight is 1000 g/mol. The fourth-order valence-electron chi connectivity index (χ4n) is 12.9. The molecular weight excluding hydrogens is 949 g/mol. The highest BCUT2D eigenvalue weighted by molar-refractivity contribution is 7.21. The van der Waals surface area contributed by atoms with E-state index < -0.39 is 16.1 Å². The second kappa shape index (κ2) is 18.9. The summed E-state index contributed by atoms with van der Waals surface area (Å²) in [5.74, 6) is 0. The number of fused-ring (bicyclic) bond motifs is 6. The number of rotatable bonds is 11. The molecule has 0 fully saturated rings. The molecule has 0 radical (unpaired) electrons. The summed E-state index contributed by atoms with van der Waals surface area (Å²) in [6.45, 7) is 0. The molecule has 0 atom stereocenters. The molecule has 0 unspecified atom stereocenters. The Kier molecular flexibility index (Phi) is 11.2. The van der Waals surface area contributed by atoms with E-state index in [0.717, 1.165) is 16.9 Å². The van der Waals surface area contributed by atoms with Crippen molar-refractivity contribution in [1.29, 1.82) is 0 Å². The second-order valence-corrected chi connectivity index (χ2v) is 27.5. The van der Waals surface area contributed by atoms with Gasteiger partial charge in [0.1, 0.15) is 0 Å². The molecule has 0 aliphatic rings. The molecule has 0 saturated heterocycles. The van der Waals surface area contributed by atoms with Crippen molar-refractivity contribution in [3.05, 3.63) is 315 Å². The standard InChI is InChI=1S/C72H52N2Si2/c1-8-27-53(28-9-1)63-44-25-46-68-71(63)65-52-55(49-50-67(65)73(68)54-29-24-42-62(51-54)75(56-30-10-2-11-31-56,57-32-12-3-13-33-57)58-34-14-4-15-35-58)74-66-45-23-22-43-64(66)72-69(74)47-26-48-70(72)76(59-36-16-5-17-37-59,60-38-18-6-19-39-60)61-40-20-7-21-41-61/h1-52H. The Bertz CT molecular complexity index is 4170. The van der Waals surface area contributed by atoms with Crippen LogP contribution in [0.2, 0.25) is 0 Å². The number of para-hydroxylation sites is 1.